The highest BCUT2D eigenvalue weighted by Gasteiger charge is 2.32. The summed E-state index contributed by atoms with van der Waals surface area (Å²) < 4.78 is 46.1. The molecule has 2 heterocycles. The van der Waals surface area contributed by atoms with E-state index in [1.54, 1.807) is 6.07 Å². The van der Waals surface area contributed by atoms with E-state index in [1.807, 2.05) is 0 Å². The lowest BCUT2D eigenvalue weighted by Gasteiger charge is -2.46. The molecule has 2 aliphatic rings. The Bertz CT molecular complexity index is 672. The van der Waals surface area contributed by atoms with Gasteiger partial charge in [-0.25, -0.2) is 4.39 Å². The molecule has 0 bridgehead atoms. The van der Waals surface area contributed by atoms with Crippen LogP contribution in [0.1, 0.15) is 5.56 Å². The molecule has 24 heavy (non-hydrogen) atoms. The monoisotopic (exact) mass is 360 g/mol. The molecule has 2 saturated heterocycles. The molecule has 0 atom stereocenters. The summed E-state index contributed by atoms with van der Waals surface area (Å²) >= 11 is 0. The van der Waals surface area contributed by atoms with Crippen molar-refractivity contribution in [1.82, 2.24) is 9.80 Å². The second-order valence-electron chi connectivity index (χ2n) is 6.03. The number of aliphatic hydroxyl groups is 1. The van der Waals surface area contributed by atoms with Crippen LogP contribution in [-0.4, -0.2) is 74.7 Å². The number of hydrogen-bond acceptors (Lipinski definition) is 7. The van der Waals surface area contributed by atoms with Gasteiger partial charge in [0, 0.05) is 38.8 Å². The molecule has 0 amide bonds. The van der Waals surface area contributed by atoms with Crippen LogP contribution in [0.25, 0.3) is 0 Å². The molecule has 2 aliphatic heterocycles. The number of nitrogens with zero attached hydrogens (tertiary/aromatic N) is 2. The van der Waals surface area contributed by atoms with Crippen LogP contribution in [-0.2, 0) is 21.4 Å². The molecular weight excluding hydrogens is 339 g/mol. The molecule has 0 aliphatic carbocycles. The van der Waals surface area contributed by atoms with E-state index >= 15 is 0 Å². The fourth-order valence-corrected chi connectivity index (χ4v) is 3.44. The average molecular weight is 360 g/mol. The minimum absolute atomic E-state index is 0.400. The van der Waals surface area contributed by atoms with Gasteiger partial charge >= 0.3 is 10.1 Å². The first-order chi connectivity index (χ1) is 11.5. The summed E-state index contributed by atoms with van der Waals surface area (Å²) in [7, 11) is -4.15. The zero-order valence-corrected chi connectivity index (χ0v) is 14.0. The maximum Gasteiger partial charge on any atom is 0.333 e. The predicted molar refractivity (Wildman–Crippen MR) is 84.5 cm³/mol. The van der Waals surface area contributed by atoms with Gasteiger partial charge in [0.2, 0.25) is 0 Å². The van der Waals surface area contributed by atoms with Gasteiger partial charge in [0.05, 0.1) is 13.2 Å². The largest absolute Gasteiger partial charge is 0.379 e. The number of morpholine rings is 1. The normalized spacial score (nSPS) is 20.8. The minimum Gasteiger partial charge on any atom is -0.379 e. The van der Waals surface area contributed by atoms with E-state index in [-0.39, 0.29) is 0 Å². The van der Waals surface area contributed by atoms with Crippen LogP contribution in [0.3, 0.4) is 0 Å². The Hall–Kier alpha value is -1.26. The predicted octanol–water partition coefficient (Wildman–Crippen LogP) is 0.000500. The van der Waals surface area contributed by atoms with Crippen LogP contribution in [0.2, 0.25) is 0 Å². The molecule has 1 aromatic rings. The second kappa shape index (κ2) is 7.32. The SMILES string of the molecule is O=S(=O)(CO)Oc1ccc(CN2CC(N3CCOCC3)C2)cc1F. The maximum atomic E-state index is 13.9. The van der Waals surface area contributed by atoms with Crippen molar-refractivity contribution < 1.29 is 26.8 Å². The van der Waals surface area contributed by atoms with Crippen molar-refractivity contribution in [1.29, 1.82) is 0 Å². The molecular formula is C15H21FN2O5S. The summed E-state index contributed by atoms with van der Waals surface area (Å²) in [5, 5.41) is 8.64. The van der Waals surface area contributed by atoms with Crippen molar-refractivity contribution in [2.24, 2.45) is 0 Å². The van der Waals surface area contributed by atoms with Crippen molar-refractivity contribution in [3.63, 3.8) is 0 Å². The van der Waals surface area contributed by atoms with Crippen molar-refractivity contribution >= 4 is 10.1 Å². The minimum atomic E-state index is -4.15. The molecule has 7 nitrogen and oxygen atoms in total. The van der Waals surface area contributed by atoms with Crippen LogP contribution in [0.4, 0.5) is 4.39 Å². The van der Waals surface area contributed by atoms with Crippen molar-refractivity contribution in [2.75, 3.05) is 45.3 Å². The highest BCUT2D eigenvalue weighted by Crippen LogP contribution is 2.23. The molecule has 2 fully saturated rings. The first-order valence-electron chi connectivity index (χ1n) is 7.82. The van der Waals surface area contributed by atoms with E-state index in [1.165, 1.54) is 12.1 Å². The molecule has 0 aromatic heterocycles. The molecule has 0 radical (unpaired) electrons. The van der Waals surface area contributed by atoms with E-state index in [9.17, 15) is 12.8 Å². The summed E-state index contributed by atoms with van der Waals surface area (Å²) in [6.45, 7) is 5.93. The standard InChI is InChI=1S/C15H21FN2O5S/c16-14-7-12(1-2-15(14)23-24(20,21)11-19)8-17-9-13(10-17)18-3-5-22-6-4-18/h1-2,7,13,19H,3-6,8-11H2. The number of halogens is 1. The number of hydrogen-bond donors (Lipinski definition) is 1. The topological polar surface area (TPSA) is 79.3 Å². The first kappa shape index (κ1) is 17.6. The highest BCUT2D eigenvalue weighted by molar-refractivity contribution is 7.86. The van der Waals surface area contributed by atoms with Gasteiger partial charge in [0.25, 0.3) is 0 Å². The van der Waals surface area contributed by atoms with E-state index in [2.05, 4.69) is 14.0 Å². The van der Waals surface area contributed by atoms with Crippen LogP contribution >= 0.6 is 0 Å². The third-order valence-corrected chi connectivity index (χ3v) is 5.03. The lowest BCUT2D eigenvalue weighted by Crippen LogP contribution is -2.60. The Morgan fingerprint density at radius 1 is 1.29 bits per heavy atom. The smallest absolute Gasteiger partial charge is 0.333 e. The number of benzene rings is 1. The van der Waals surface area contributed by atoms with Gasteiger partial charge in [-0.3, -0.25) is 9.80 Å². The Balaban J connectivity index is 1.52. The molecule has 1 N–H and O–H groups in total. The Kier molecular flexibility index (Phi) is 5.36. The zero-order chi connectivity index (χ0) is 17.2. The summed E-state index contributed by atoms with van der Waals surface area (Å²) in [5.41, 5.74) is 0.752. The highest BCUT2D eigenvalue weighted by atomic mass is 32.2. The zero-order valence-electron chi connectivity index (χ0n) is 13.2. The summed E-state index contributed by atoms with van der Waals surface area (Å²) in [4.78, 5) is 4.62. The van der Waals surface area contributed by atoms with Crippen LogP contribution in [0.5, 0.6) is 5.75 Å². The summed E-state index contributed by atoms with van der Waals surface area (Å²) in [6, 6.07) is 4.70. The fraction of sp³-hybridized carbons (Fsp3) is 0.600. The van der Waals surface area contributed by atoms with E-state index < -0.39 is 27.6 Å². The molecule has 1 aromatic carbocycles. The molecule has 0 spiro atoms. The number of aliphatic hydroxyl groups excluding tert-OH is 1. The van der Waals surface area contributed by atoms with Gasteiger partial charge in [-0.15, -0.1) is 0 Å². The van der Waals surface area contributed by atoms with Gasteiger partial charge in [0.1, 0.15) is 0 Å². The molecule has 9 heteroatoms. The molecule has 0 unspecified atom stereocenters. The number of ether oxygens (including phenoxy) is 1. The fourth-order valence-electron chi connectivity index (χ4n) is 2.98. The van der Waals surface area contributed by atoms with E-state index in [4.69, 9.17) is 9.84 Å². The third kappa shape index (κ3) is 4.22. The second-order valence-corrected chi connectivity index (χ2v) is 7.57. The van der Waals surface area contributed by atoms with E-state index in [0.717, 1.165) is 45.0 Å². The van der Waals surface area contributed by atoms with Gasteiger partial charge in [-0.05, 0) is 17.7 Å². The van der Waals surface area contributed by atoms with Crippen molar-refractivity contribution in [2.45, 2.75) is 12.6 Å². The summed E-state index contributed by atoms with van der Waals surface area (Å²) in [6.07, 6.45) is 0. The van der Waals surface area contributed by atoms with Gasteiger partial charge in [-0.2, -0.15) is 8.42 Å². The molecule has 3 rings (SSSR count). The van der Waals surface area contributed by atoms with Crippen molar-refractivity contribution in [3.8, 4) is 5.75 Å². The van der Waals surface area contributed by atoms with Gasteiger partial charge < -0.3 is 14.0 Å². The number of rotatable bonds is 6. The summed E-state index contributed by atoms with van der Waals surface area (Å²) in [5.74, 6) is -2.34. The van der Waals surface area contributed by atoms with Crippen molar-refractivity contribution in [3.05, 3.63) is 29.6 Å². The molecule has 134 valence electrons. The van der Waals surface area contributed by atoms with E-state index in [0.29, 0.717) is 12.6 Å². The Labute approximate surface area is 140 Å². The first-order valence-corrected chi connectivity index (χ1v) is 9.40. The van der Waals surface area contributed by atoms with Crippen LogP contribution in [0, 0.1) is 5.82 Å². The molecule has 0 saturated carbocycles. The van der Waals surface area contributed by atoms with Gasteiger partial charge in [0.15, 0.2) is 17.5 Å². The van der Waals surface area contributed by atoms with Crippen LogP contribution in [0.15, 0.2) is 18.2 Å². The quantitative estimate of drug-likeness (QED) is 0.716. The van der Waals surface area contributed by atoms with Gasteiger partial charge in [-0.1, -0.05) is 6.07 Å². The lowest BCUT2D eigenvalue weighted by molar-refractivity contribution is -0.0344. The third-order valence-electron chi connectivity index (χ3n) is 4.28. The maximum absolute atomic E-state index is 13.9. The Morgan fingerprint density at radius 3 is 2.62 bits per heavy atom. The number of likely N-dealkylation sites (tertiary alicyclic amines) is 1. The Morgan fingerprint density at radius 2 is 2.00 bits per heavy atom. The average Bonchev–Trinajstić information content (AvgIpc) is 2.54. The lowest BCUT2D eigenvalue weighted by atomic mass is 10.0. The van der Waals surface area contributed by atoms with Crippen LogP contribution < -0.4 is 4.18 Å².